The summed E-state index contributed by atoms with van der Waals surface area (Å²) < 4.78 is 6.92. The van der Waals surface area contributed by atoms with E-state index in [-0.39, 0.29) is 12.2 Å². The van der Waals surface area contributed by atoms with Crippen LogP contribution in [0.1, 0.15) is 348 Å². The molecule has 0 saturated carbocycles. The summed E-state index contributed by atoms with van der Waals surface area (Å²) in [6.07, 6.45) is 70.5. The van der Waals surface area contributed by atoms with Crippen LogP contribution in [0.5, 0.6) is 0 Å². The first-order valence-electron chi connectivity index (χ1n) is 30.3. The molecular formula is C62H122O3. The first-order valence-corrected chi connectivity index (χ1v) is 30.3. The lowest BCUT2D eigenvalue weighted by Gasteiger charge is -2.31. The molecule has 3 heteroatoms. The van der Waals surface area contributed by atoms with E-state index in [1.807, 2.05) is 0 Å². The number of allylic oxidation sites excluding steroid dienone is 2. The van der Waals surface area contributed by atoms with Crippen LogP contribution < -0.4 is 0 Å². The number of hydrogen-bond donors (Lipinski definition) is 2. The molecule has 0 aliphatic carbocycles. The largest absolute Gasteiger partial charge is 0.390 e. The summed E-state index contributed by atoms with van der Waals surface area (Å²) in [5.41, 5.74) is 0. The topological polar surface area (TPSA) is 49.7 Å². The van der Waals surface area contributed by atoms with Crippen LogP contribution in [0, 0.1) is 0 Å². The van der Waals surface area contributed by atoms with Crippen LogP contribution in [-0.4, -0.2) is 34.6 Å². The summed E-state index contributed by atoms with van der Waals surface area (Å²) >= 11 is 0. The van der Waals surface area contributed by atoms with Crippen LogP contribution in [-0.2, 0) is 4.74 Å². The normalized spacial score (nSPS) is 13.6. The van der Waals surface area contributed by atoms with Gasteiger partial charge in [0.05, 0.1) is 24.4 Å². The molecule has 0 radical (unpaired) electrons. The van der Waals surface area contributed by atoms with Gasteiger partial charge in [0.1, 0.15) is 0 Å². The fourth-order valence-electron chi connectivity index (χ4n) is 10.1. The molecule has 0 aromatic rings. The maximum atomic E-state index is 11.6. The summed E-state index contributed by atoms with van der Waals surface area (Å²) in [5.74, 6) is 0. The third kappa shape index (κ3) is 49.6. The van der Waals surface area contributed by atoms with Gasteiger partial charge in [0.2, 0.25) is 0 Å². The summed E-state index contributed by atoms with van der Waals surface area (Å²) in [6.45, 7) is 12.2. The van der Waals surface area contributed by atoms with E-state index in [2.05, 4.69) is 39.2 Å². The Morgan fingerprint density at radius 2 is 0.462 bits per heavy atom. The van der Waals surface area contributed by atoms with Gasteiger partial charge in [0, 0.05) is 0 Å². The molecule has 0 spiro atoms. The van der Waals surface area contributed by atoms with Crippen LogP contribution in [0.25, 0.3) is 0 Å². The van der Waals surface area contributed by atoms with Crippen LogP contribution in [0.2, 0.25) is 0 Å². The highest BCUT2D eigenvalue weighted by Crippen LogP contribution is 2.25. The molecular weight excluding hydrogens is 793 g/mol. The number of hydrogen-bond acceptors (Lipinski definition) is 3. The number of aliphatic hydroxyl groups is 2. The standard InChI is InChI=1S/C62H122O3/c1-5-9-13-17-21-23-25-27-29-31-33-35-37-39-41-43-45-48-52-56-60(64)61(57-53-49-20-16-12-8-4)65-62(59(63)55-51-47-19-15-11-7-3)58-54-50-46-44-42-40-38-36-34-32-30-28-26-24-22-18-14-10-6-2/h5-6,59-64H,1-2,7-58H2,3-4H3. The molecule has 0 fully saturated rings. The van der Waals surface area contributed by atoms with Crippen molar-refractivity contribution < 1.29 is 14.9 Å². The second kappa shape index (κ2) is 56.0. The quantitative estimate of drug-likeness (QED) is 0.0472. The zero-order valence-electron chi connectivity index (χ0n) is 45.0. The SMILES string of the molecule is C=CCCCCCCCCCCCCCCCCCCCC(O)C(CCCCCCCC)OC(CCCCCCCCCCCCCCCCCCCC=C)C(O)CCCCCCCC. The maximum Gasteiger partial charge on any atom is 0.0839 e. The summed E-state index contributed by atoms with van der Waals surface area (Å²) in [7, 11) is 0. The van der Waals surface area contributed by atoms with Crippen LogP contribution in [0.4, 0.5) is 0 Å². The Hall–Kier alpha value is -0.640. The predicted octanol–water partition coefficient (Wildman–Crippen LogP) is 21.2. The van der Waals surface area contributed by atoms with Gasteiger partial charge < -0.3 is 14.9 Å². The van der Waals surface area contributed by atoms with Crippen LogP contribution in [0.3, 0.4) is 0 Å². The van der Waals surface area contributed by atoms with Gasteiger partial charge in [0.15, 0.2) is 0 Å². The molecule has 0 aliphatic heterocycles. The molecule has 0 saturated heterocycles. The van der Waals surface area contributed by atoms with Gasteiger partial charge in [-0.15, -0.1) is 13.2 Å². The van der Waals surface area contributed by atoms with Gasteiger partial charge in [0.25, 0.3) is 0 Å². The monoisotopic (exact) mass is 915 g/mol. The third-order valence-electron chi connectivity index (χ3n) is 14.7. The second-order valence-electron chi connectivity index (χ2n) is 21.2. The van der Waals surface area contributed by atoms with Crippen LogP contribution >= 0.6 is 0 Å². The zero-order chi connectivity index (χ0) is 47.2. The van der Waals surface area contributed by atoms with E-state index in [0.717, 1.165) is 51.4 Å². The molecule has 0 heterocycles. The predicted molar refractivity (Wildman–Crippen MR) is 293 cm³/mol. The van der Waals surface area contributed by atoms with Gasteiger partial charge in [-0.25, -0.2) is 0 Å². The summed E-state index contributed by atoms with van der Waals surface area (Å²) in [4.78, 5) is 0. The van der Waals surface area contributed by atoms with E-state index in [1.165, 1.54) is 283 Å². The molecule has 4 unspecified atom stereocenters. The fourth-order valence-corrected chi connectivity index (χ4v) is 10.1. The highest BCUT2D eigenvalue weighted by atomic mass is 16.5. The van der Waals surface area contributed by atoms with Crippen molar-refractivity contribution in [2.45, 2.75) is 372 Å². The maximum absolute atomic E-state index is 11.6. The number of ether oxygens (including phenoxy) is 1. The molecule has 0 bridgehead atoms. The van der Waals surface area contributed by atoms with Crippen molar-refractivity contribution in [3.63, 3.8) is 0 Å². The van der Waals surface area contributed by atoms with Gasteiger partial charge in [-0.1, -0.05) is 309 Å². The van der Waals surface area contributed by atoms with Gasteiger partial charge in [-0.2, -0.15) is 0 Å². The molecule has 0 amide bonds. The highest BCUT2D eigenvalue weighted by molar-refractivity contribution is 4.77. The van der Waals surface area contributed by atoms with Gasteiger partial charge >= 0.3 is 0 Å². The molecule has 0 aromatic heterocycles. The van der Waals surface area contributed by atoms with Crippen molar-refractivity contribution in [3.8, 4) is 0 Å². The Balaban J connectivity index is 4.61. The number of unbranched alkanes of at least 4 members (excludes halogenated alkanes) is 44. The van der Waals surface area contributed by atoms with Gasteiger partial charge in [-0.05, 0) is 51.4 Å². The van der Waals surface area contributed by atoms with Crippen molar-refractivity contribution >= 4 is 0 Å². The molecule has 388 valence electrons. The minimum absolute atomic E-state index is 0.143. The second-order valence-corrected chi connectivity index (χ2v) is 21.2. The Labute approximate surface area is 410 Å². The highest BCUT2D eigenvalue weighted by Gasteiger charge is 2.27. The number of rotatable bonds is 58. The molecule has 0 rings (SSSR count). The molecule has 0 aliphatic rings. The minimum atomic E-state index is -0.417. The van der Waals surface area contributed by atoms with E-state index < -0.39 is 12.2 Å². The van der Waals surface area contributed by atoms with Crippen molar-refractivity contribution in [2.75, 3.05) is 0 Å². The lowest BCUT2D eigenvalue weighted by Crippen LogP contribution is -2.38. The van der Waals surface area contributed by atoms with Crippen molar-refractivity contribution in [3.05, 3.63) is 25.3 Å². The lowest BCUT2D eigenvalue weighted by atomic mass is 9.96. The average molecular weight is 916 g/mol. The first-order chi connectivity index (χ1) is 32.1. The minimum Gasteiger partial charge on any atom is -0.390 e. The van der Waals surface area contributed by atoms with Crippen molar-refractivity contribution in [1.29, 1.82) is 0 Å². The molecule has 3 nitrogen and oxygen atoms in total. The van der Waals surface area contributed by atoms with E-state index in [0.29, 0.717) is 0 Å². The van der Waals surface area contributed by atoms with E-state index in [4.69, 9.17) is 4.74 Å². The average Bonchev–Trinajstić information content (AvgIpc) is 3.31. The zero-order valence-corrected chi connectivity index (χ0v) is 45.0. The lowest BCUT2D eigenvalue weighted by molar-refractivity contribution is -0.125. The Morgan fingerprint density at radius 3 is 0.677 bits per heavy atom. The molecule has 4 atom stereocenters. The van der Waals surface area contributed by atoms with Crippen molar-refractivity contribution in [1.82, 2.24) is 0 Å². The molecule has 0 aromatic carbocycles. The van der Waals surface area contributed by atoms with Crippen LogP contribution in [0.15, 0.2) is 25.3 Å². The van der Waals surface area contributed by atoms with E-state index >= 15 is 0 Å². The van der Waals surface area contributed by atoms with Crippen molar-refractivity contribution in [2.24, 2.45) is 0 Å². The first kappa shape index (κ1) is 64.4. The third-order valence-corrected chi connectivity index (χ3v) is 14.7. The molecule has 65 heavy (non-hydrogen) atoms. The molecule has 2 N–H and O–H groups in total. The smallest absolute Gasteiger partial charge is 0.0839 e. The summed E-state index contributed by atoms with van der Waals surface area (Å²) in [6, 6.07) is 0. The Morgan fingerprint density at radius 1 is 0.277 bits per heavy atom. The van der Waals surface area contributed by atoms with Gasteiger partial charge in [-0.3, -0.25) is 0 Å². The Kier molecular flexibility index (Phi) is 55.4. The summed E-state index contributed by atoms with van der Waals surface area (Å²) in [5, 5.41) is 23.2. The Bertz CT molecular complexity index is 887. The van der Waals surface area contributed by atoms with E-state index in [9.17, 15) is 10.2 Å². The number of aliphatic hydroxyl groups excluding tert-OH is 2. The van der Waals surface area contributed by atoms with E-state index in [1.54, 1.807) is 0 Å². The fraction of sp³-hybridized carbons (Fsp3) is 0.935.